The van der Waals surface area contributed by atoms with Gasteiger partial charge in [-0.15, -0.1) is 0 Å². The van der Waals surface area contributed by atoms with Gasteiger partial charge in [0.1, 0.15) is 16.5 Å². The van der Waals surface area contributed by atoms with E-state index in [1.54, 1.807) is 12.5 Å². The van der Waals surface area contributed by atoms with Gasteiger partial charge in [-0.2, -0.15) is 4.31 Å². The van der Waals surface area contributed by atoms with Crippen molar-refractivity contribution in [2.75, 3.05) is 13.1 Å². The molecule has 0 bridgehead atoms. The Morgan fingerprint density at radius 1 is 1.09 bits per heavy atom. The van der Waals surface area contributed by atoms with E-state index in [4.69, 9.17) is 0 Å². The molecule has 1 aliphatic rings. The summed E-state index contributed by atoms with van der Waals surface area (Å²) in [5, 5.41) is 2.95. The normalized spacial score (nSPS) is 15.5. The van der Waals surface area contributed by atoms with Crippen molar-refractivity contribution < 1.29 is 22.0 Å². The fraction of sp³-hybridized carbons (Fsp3) is 0.304. The van der Waals surface area contributed by atoms with Crippen molar-refractivity contribution in [1.29, 1.82) is 0 Å². The van der Waals surface area contributed by atoms with Crippen molar-refractivity contribution in [1.82, 2.24) is 19.2 Å². The van der Waals surface area contributed by atoms with Crippen LogP contribution in [0.5, 0.6) is 0 Å². The lowest BCUT2D eigenvalue weighted by Gasteiger charge is -2.30. The molecule has 1 N–H and O–H groups in total. The Labute approximate surface area is 191 Å². The van der Waals surface area contributed by atoms with E-state index in [1.807, 2.05) is 35.0 Å². The Kier molecular flexibility index (Phi) is 6.85. The molecule has 0 radical (unpaired) electrons. The van der Waals surface area contributed by atoms with E-state index in [2.05, 4.69) is 10.3 Å². The highest BCUT2D eigenvalue weighted by molar-refractivity contribution is 7.89. The number of halogens is 2. The number of hydrogen-bond acceptors (Lipinski definition) is 4. The Balaban J connectivity index is 1.34. The van der Waals surface area contributed by atoms with Crippen LogP contribution in [0.4, 0.5) is 8.78 Å². The molecule has 4 rings (SSSR count). The number of aromatic nitrogens is 2. The lowest BCUT2D eigenvalue weighted by Crippen LogP contribution is -2.43. The average Bonchev–Trinajstić information content (AvgIpc) is 3.33. The first-order valence-corrected chi connectivity index (χ1v) is 12.0. The van der Waals surface area contributed by atoms with Crippen molar-refractivity contribution in [3.05, 3.63) is 83.9 Å². The molecule has 174 valence electrons. The highest BCUT2D eigenvalue weighted by Crippen LogP contribution is 2.26. The van der Waals surface area contributed by atoms with E-state index in [0.29, 0.717) is 32.0 Å². The number of hydrogen-bond donors (Lipinski definition) is 1. The zero-order valence-corrected chi connectivity index (χ0v) is 18.6. The fourth-order valence-electron chi connectivity index (χ4n) is 3.96. The molecule has 0 aliphatic carbocycles. The van der Waals surface area contributed by atoms with Crippen LogP contribution >= 0.6 is 0 Å². The summed E-state index contributed by atoms with van der Waals surface area (Å²) in [4.78, 5) is 16.1. The maximum absolute atomic E-state index is 14.0. The molecule has 1 amide bonds. The van der Waals surface area contributed by atoms with Gasteiger partial charge in [-0.1, -0.05) is 24.3 Å². The van der Waals surface area contributed by atoms with Gasteiger partial charge in [0.05, 0.1) is 6.33 Å². The molecule has 2 heterocycles. The van der Waals surface area contributed by atoms with Gasteiger partial charge >= 0.3 is 0 Å². The van der Waals surface area contributed by atoms with Crippen molar-refractivity contribution in [3.63, 3.8) is 0 Å². The first-order valence-electron chi connectivity index (χ1n) is 10.6. The van der Waals surface area contributed by atoms with Crippen LogP contribution in [-0.4, -0.2) is 41.3 Å². The van der Waals surface area contributed by atoms with Crippen molar-refractivity contribution >= 4 is 15.9 Å². The lowest BCUT2D eigenvalue weighted by atomic mass is 9.97. The number of benzene rings is 2. The minimum atomic E-state index is -4.17. The summed E-state index contributed by atoms with van der Waals surface area (Å²) in [6.07, 6.45) is 5.91. The summed E-state index contributed by atoms with van der Waals surface area (Å²) in [5.41, 5.74) is 2.05. The second kappa shape index (κ2) is 9.80. The summed E-state index contributed by atoms with van der Waals surface area (Å²) in [6, 6.07) is 10.2. The van der Waals surface area contributed by atoms with Gasteiger partial charge in [-0.25, -0.2) is 22.2 Å². The minimum absolute atomic E-state index is 0.0631. The zero-order valence-electron chi connectivity index (χ0n) is 17.8. The molecule has 1 fully saturated rings. The van der Waals surface area contributed by atoms with Gasteiger partial charge in [0, 0.05) is 44.5 Å². The number of sulfonamides is 1. The highest BCUT2D eigenvalue weighted by atomic mass is 32.2. The molecular weight excluding hydrogens is 450 g/mol. The molecule has 0 unspecified atom stereocenters. The maximum Gasteiger partial charge on any atom is 0.246 e. The van der Waals surface area contributed by atoms with Crippen molar-refractivity contribution in [2.24, 2.45) is 5.92 Å². The smallest absolute Gasteiger partial charge is 0.246 e. The van der Waals surface area contributed by atoms with Gasteiger partial charge < -0.3 is 9.88 Å². The van der Waals surface area contributed by atoms with Crippen molar-refractivity contribution in [2.45, 2.75) is 30.8 Å². The molecule has 10 heteroatoms. The topological polar surface area (TPSA) is 84.3 Å². The lowest BCUT2D eigenvalue weighted by molar-refractivity contribution is -0.126. The van der Waals surface area contributed by atoms with E-state index in [9.17, 15) is 22.0 Å². The monoisotopic (exact) mass is 474 g/mol. The molecule has 33 heavy (non-hydrogen) atoms. The third kappa shape index (κ3) is 5.28. The largest absolute Gasteiger partial charge is 0.352 e. The summed E-state index contributed by atoms with van der Waals surface area (Å²) < 4.78 is 56.0. The third-order valence-corrected chi connectivity index (χ3v) is 7.73. The van der Waals surface area contributed by atoms with Crippen LogP contribution in [0.3, 0.4) is 0 Å². The highest BCUT2D eigenvalue weighted by Gasteiger charge is 2.33. The van der Waals surface area contributed by atoms with Gasteiger partial charge in [0.25, 0.3) is 0 Å². The molecule has 1 saturated heterocycles. The molecule has 0 saturated carbocycles. The van der Waals surface area contributed by atoms with Crippen LogP contribution in [-0.2, 0) is 27.9 Å². The van der Waals surface area contributed by atoms with Crippen LogP contribution in [0.1, 0.15) is 24.0 Å². The predicted molar refractivity (Wildman–Crippen MR) is 117 cm³/mol. The van der Waals surface area contributed by atoms with Crippen LogP contribution < -0.4 is 5.32 Å². The Hall–Kier alpha value is -3.11. The number of amides is 1. The number of nitrogens with one attached hydrogen (secondary N) is 1. The molecule has 0 atom stereocenters. The van der Waals surface area contributed by atoms with Gasteiger partial charge in [0.2, 0.25) is 15.9 Å². The number of nitrogens with zero attached hydrogens (tertiary/aromatic N) is 3. The first-order chi connectivity index (χ1) is 15.8. The van der Waals surface area contributed by atoms with E-state index in [0.717, 1.165) is 27.6 Å². The van der Waals surface area contributed by atoms with E-state index < -0.39 is 26.6 Å². The molecule has 0 spiro atoms. The summed E-state index contributed by atoms with van der Waals surface area (Å²) in [5.74, 6) is -2.32. The second-order valence-electron chi connectivity index (χ2n) is 7.97. The fourth-order valence-corrected chi connectivity index (χ4v) is 5.51. The molecule has 1 aromatic heterocycles. The summed E-state index contributed by atoms with van der Waals surface area (Å²) in [6.45, 7) is 1.12. The number of carbonyl (C=O) groups excluding carboxylic acids is 1. The standard InChI is InChI=1S/C23H24F2N4O3S/c24-20-5-6-21(25)22(13-20)33(31,32)29-10-7-17(8-11-29)23(30)27-14-18-3-1-2-4-19(18)15-28-12-9-26-16-28/h1-6,9,12-13,16-17H,7-8,10-11,14-15H2,(H,27,30). The second-order valence-corrected chi connectivity index (χ2v) is 9.88. The minimum Gasteiger partial charge on any atom is -0.352 e. The quantitative estimate of drug-likeness (QED) is 0.571. The average molecular weight is 475 g/mol. The van der Waals surface area contributed by atoms with Crippen LogP contribution in [0.2, 0.25) is 0 Å². The predicted octanol–water partition coefficient (Wildman–Crippen LogP) is 2.93. The molecule has 3 aromatic rings. The maximum atomic E-state index is 14.0. The molecule has 2 aromatic carbocycles. The number of rotatable bonds is 7. The Morgan fingerprint density at radius 3 is 2.52 bits per heavy atom. The number of carbonyl (C=O) groups is 1. The van der Waals surface area contributed by atoms with Gasteiger partial charge in [0.15, 0.2) is 0 Å². The number of piperidine rings is 1. The van der Waals surface area contributed by atoms with Crippen LogP contribution in [0.25, 0.3) is 0 Å². The summed E-state index contributed by atoms with van der Waals surface area (Å²) in [7, 11) is -4.17. The van der Waals surface area contributed by atoms with Crippen molar-refractivity contribution in [3.8, 4) is 0 Å². The van der Waals surface area contributed by atoms with Crippen LogP contribution in [0, 0.1) is 17.6 Å². The number of imidazole rings is 1. The molecule has 7 nitrogen and oxygen atoms in total. The first kappa shape index (κ1) is 23.1. The van der Waals surface area contributed by atoms with E-state index in [-0.39, 0.29) is 24.9 Å². The van der Waals surface area contributed by atoms with Crippen LogP contribution in [0.15, 0.2) is 66.1 Å². The zero-order chi connectivity index (χ0) is 23.4. The third-order valence-electron chi connectivity index (χ3n) is 5.82. The van der Waals surface area contributed by atoms with Gasteiger partial charge in [-0.05, 0) is 42.2 Å². The molecule has 1 aliphatic heterocycles. The Morgan fingerprint density at radius 2 is 1.82 bits per heavy atom. The van der Waals surface area contributed by atoms with E-state index >= 15 is 0 Å². The summed E-state index contributed by atoms with van der Waals surface area (Å²) >= 11 is 0. The van der Waals surface area contributed by atoms with E-state index in [1.165, 1.54) is 0 Å². The molecular formula is C23H24F2N4O3S. The van der Waals surface area contributed by atoms with Gasteiger partial charge in [-0.3, -0.25) is 4.79 Å². The Bertz CT molecular complexity index is 1220. The SMILES string of the molecule is O=C(NCc1ccccc1Cn1ccnc1)C1CCN(S(=O)(=O)c2cc(F)ccc2F)CC1.